The number of aryl methyl sites for hydroxylation is 1. The number of nitrogens with one attached hydrogen (secondary N) is 1. The Morgan fingerprint density at radius 2 is 1.90 bits per heavy atom. The van der Waals surface area contributed by atoms with E-state index in [2.05, 4.69) is 21.2 Å². The fraction of sp³-hybridized carbons (Fsp3) is 0.235. The van der Waals surface area contributed by atoms with Crippen molar-refractivity contribution in [2.45, 2.75) is 26.3 Å². The Bertz CT molecular complexity index is 640. The average molecular weight is 350 g/mol. The first-order chi connectivity index (χ1) is 9.95. The summed E-state index contributed by atoms with van der Waals surface area (Å²) in [4.78, 5) is 12.1. The molecule has 0 spiro atoms. The lowest BCUT2D eigenvalue weighted by Gasteiger charge is -2.14. The predicted molar refractivity (Wildman–Crippen MR) is 85.9 cm³/mol. The second-order valence-electron chi connectivity index (χ2n) is 5.19. The number of benzene rings is 2. The lowest BCUT2D eigenvalue weighted by Crippen LogP contribution is -2.34. The Balaban J connectivity index is 2.01. The van der Waals surface area contributed by atoms with Crippen LogP contribution in [0.4, 0.5) is 4.39 Å². The fourth-order valence-electron chi connectivity index (χ4n) is 2.14. The first-order valence-corrected chi connectivity index (χ1v) is 7.56. The molecule has 0 bridgehead atoms. The van der Waals surface area contributed by atoms with Gasteiger partial charge in [0.2, 0.25) is 0 Å². The molecule has 0 aliphatic heterocycles. The maximum absolute atomic E-state index is 13.7. The summed E-state index contributed by atoms with van der Waals surface area (Å²) in [5.41, 5.74) is 2.08. The van der Waals surface area contributed by atoms with Gasteiger partial charge in [-0.25, -0.2) is 4.39 Å². The monoisotopic (exact) mass is 349 g/mol. The number of hydrogen-bond acceptors (Lipinski definition) is 1. The Morgan fingerprint density at radius 1 is 1.24 bits per heavy atom. The first kappa shape index (κ1) is 15.7. The third-order valence-corrected chi connectivity index (χ3v) is 3.73. The quantitative estimate of drug-likeness (QED) is 0.877. The number of rotatable bonds is 4. The average Bonchev–Trinajstić information content (AvgIpc) is 2.44. The van der Waals surface area contributed by atoms with Crippen LogP contribution in [-0.2, 0) is 6.42 Å². The summed E-state index contributed by atoms with van der Waals surface area (Å²) < 4.78 is 14.7. The molecule has 4 heteroatoms. The molecule has 0 saturated carbocycles. The minimum Gasteiger partial charge on any atom is -0.349 e. The lowest BCUT2D eigenvalue weighted by molar-refractivity contribution is 0.0936. The molecule has 0 aliphatic rings. The van der Waals surface area contributed by atoms with Crippen molar-refractivity contribution >= 4 is 21.8 Å². The standard InChI is InChI=1S/C17H17BrFNO/c1-11-3-8-16(19)15(9-11)17(21)20-12(2)10-13-4-6-14(18)7-5-13/h3-9,12H,10H2,1-2H3,(H,20,21). The van der Waals surface area contributed by atoms with Crippen molar-refractivity contribution in [1.82, 2.24) is 5.32 Å². The van der Waals surface area contributed by atoms with Crippen LogP contribution >= 0.6 is 15.9 Å². The SMILES string of the molecule is Cc1ccc(F)c(C(=O)NC(C)Cc2ccc(Br)cc2)c1. The summed E-state index contributed by atoms with van der Waals surface area (Å²) in [5.74, 6) is -0.866. The second kappa shape index (κ2) is 6.85. The molecular formula is C17H17BrFNO. The van der Waals surface area contributed by atoms with Gasteiger partial charge in [-0.15, -0.1) is 0 Å². The van der Waals surface area contributed by atoms with Crippen molar-refractivity contribution in [2.24, 2.45) is 0 Å². The van der Waals surface area contributed by atoms with Crippen molar-refractivity contribution in [3.05, 3.63) is 69.4 Å². The molecular weight excluding hydrogens is 333 g/mol. The summed E-state index contributed by atoms with van der Waals surface area (Å²) in [6.07, 6.45) is 0.701. The van der Waals surface area contributed by atoms with Crippen LogP contribution in [0.1, 0.15) is 28.4 Å². The fourth-order valence-corrected chi connectivity index (χ4v) is 2.40. The van der Waals surface area contributed by atoms with E-state index in [4.69, 9.17) is 0 Å². The van der Waals surface area contributed by atoms with Gasteiger partial charge in [0.05, 0.1) is 5.56 Å². The normalized spacial score (nSPS) is 12.0. The van der Waals surface area contributed by atoms with E-state index in [1.165, 1.54) is 6.07 Å². The second-order valence-corrected chi connectivity index (χ2v) is 6.10. The van der Waals surface area contributed by atoms with Gasteiger partial charge >= 0.3 is 0 Å². The van der Waals surface area contributed by atoms with Crippen molar-refractivity contribution < 1.29 is 9.18 Å². The highest BCUT2D eigenvalue weighted by atomic mass is 79.9. The van der Waals surface area contributed by atoms with E-state index in [0.717, 1.165) is 15.6 Å². The van der Waals surface area contributed by atoms with E-state index in [-0.39, 0.29) is 17.5 Å². The molecule has 0 aliphatic carbocycles. The van der Waals surface area contributed by atoms with Crippen LogP contribution in [-0.4, -0.2) is 11.9 Å². The molecule has 2 aromatic rings. The van der Waals surface area contributed by atoms with Gasteiger partial charge in [0, 0.05) is 10.5 Å². The van der Waals surface area contributed by atoms with E-state index >= 15 is 0 Å². The molecule has 0 radical (unpaired) electrons. The van der Waals surface area contributed by atoms with Gasteiger partial charge in [-0.3, -0.25) is 4.79 Å². The Morgan fingerprint density at radius 3 is 2.57 bits per heavy atom. The summed E-state index contributed by atoms with van der Waals surface area (Å²) in [5, 5.41) is 2.84. The Kier molecular flexibility index (Phi) is 5.12. The van der Waals surface area contributed by atoms with Crippen molar-refractivity contribution in [2.75, 3.05) is 0 Å². The highest BCUT2D eigenvalue weighted by Gasteiger charge is 2.14. The van der Waals surface area contributed by atoms with E-state index in [0.29, 0.717) is 6.42 Å². The number of carbonyl (C=O) groups excluding carboxylic acids is 1. The van der Waals surface area contributed by atoms with Gasteiger partial charge in [-0.2, -0.15) is 0 Å². The molecule has 110 valence electrons. The first-order valence-electron chi connectivity index (χ1n) is 6.77. The van der Waals surface area contributed by atoms with Gasteiger partial charge < -0.3 is 5.32 Å². The molecule has 1 N–H and O–H groups in total. The zero-order valence-electron chi connectivity index (χ0n) is 12.0. The van der Waals surface area contributed by atoms with Gasteiger partial charge in [-0.05, 0) is 50.1 Å². The smallest absolute Gasteiger partial charge is 0.254 e. The molecule has 0 aromatic heterocycles. The zero-order valence-corrected chi connectivity index (χ0v) is 13.6. The highest BCUT2D eigenvalue weighted by molar-refractivity contribution is 9.10. The Labute approximate surface area is 132 Å². The molecule has 0 saturated heterocycles. The molecule has 0 heterocycles. The molecule has 1 amide bonds. The van der Waals surface area contributed by atoms with Gasteiger partial charge in [0.15, 0.2) is 0 Å². The largest absolute Gasteiger partial charge is 0.349 e. The van der Waals surface area contributed by atoms with Crippen LogP contribution in [0.5, 0.6) is 0 Å². The van der Waals surface area contributed by atoms with Crippen LogP contribution in [0.15, 0.2) is 46.9 Å². The molecule has 0 fully saturated rings. The summed E-state index contributed by atoms with van der Waals surface area (Å²) in [7, 11) is 0. The molecule has 2 nitrogen and oxygen atoms in total. The summed E-state index contributed by atoms with van der Waals surface area (Å²) in [6, 6.07) is 12.4. The summed E-state index contributed by atoms with van der Waals surface area (Å²) in [6.45, 7) is 3.75. The highest BCUT2D eigenvalue weighted by Crippen LogP contribution is 2.13. The van der Waals surface area contributed by atoms with Crippen LogP contribution in [0, 0.1) is 12.7 Å². The predicted octanol–water partition coefficient (Wildman–Crippen LogP) is 4.26. The number of amides is 1. The number of carbonyl (C=O) groups is 1. The number of halogens is 2. The maximum atomic E-state index is 13.7. The Hall–Kier alpha value is -1.68. The zero-order chi connectivity index (χ0) is 15.4. The van der Waals surface area contributed by atoms with E-state index in [1.54, 1.807) is 12.1 Å². The minimum atomic E-state index is -0.492. The molecule has 2 rings (SSSR count). The van der Waals surface area contributed by atoms with E-state index in [1.807, 2.05) is 38.1 Å². The third-order valence-electron chi connectivity index (χ3n) is 3.20. The summed E-state index contributed by atoms with van der Waals surface area (Å²) >= 11 is 3.39. The van der Waals surface area contributed by atoms with Crippen LogP contribution in [0.25, 0.3) is 0 Å². The van der Waals surface area contributed by atoms with Crippen LogP contribution in [0.2, 0.25) is 0 Å². The topological polar surface area (TPSA) is 29.1 Å². The van der Waals surface area contributed by atoms with Gasteiger partial charge in [0.1, 0.15) is 5.82 Å². The molecule has 1 unspecified atom stereocenters. The van der Waals surface area contributed by atoms with Crippen molar-refractivity contribution in [3.63, 3.8) is 0 Å². The van der Waals surface area contributed by atoms with E-state index in [9.17, 15) is 9.18 Å². The van der Waals surface area contributed by atoms with Crippen molar-refractivity contribution in [1.29, 1.82) is 0 Å². The van der Waals surface area contributed by atoms with E-state index < -0.39 is 5.82 Å². The minimum absolute atomic E-state index is 0.0708. The van der Waals surface area contributed by atoms with Crippen LogP contribution < -0.4 is 5.32 Å². The van der Waals surface area contributed by atoms with Crippen molar-refractivity contribution in [3.8, 4) is 0 Å². The third kappa shape index (κ3) is 4.39. The molecule has 2 aromatic carbocycles. The number of hydrogen-bond donors (Lipinski definition) is 1. The maximum Gasteiger partial charge on any atom is 0.254 e. The van der Waals surface area contributed by atoms with Crippen LogP contribution in [0.3, 0.4) is 0 Å². The lowest BCUT2D eigenvalue weighted by atomic mass is 10.1. The molecule has 1 atom stereocenters. The molecule has 21 heavy (non-hydrogen) atoms. The van der Waals surface area contributed by atoms with Gasteiger partial charge in [-0.1, -0.05) is 39.7 Å². The van der Waals surface area contributed by atoms with Gasteiger partial charge in [0.25, 0.3) is 5.91 Å².